The number of fused-ring (bicyclic) bond motifs is 1. The minimum Gasteiger partial charge on any atom is -0.381 e. The number of aromatic nitrogens is 1. The van der Waals surface area contributed by atoms with Gasteiger partial charge < -0.3 is 15.8 Å². The highest BCUT2D eigenvalue weighted by Crippen LogP contribution is 2.20. The van der Waals surface area contributed by atoms with Crippen molar-refractivity contribution in [1.82, 2.24) is 4.98 Å². The van der Waals surface area contributed by atoms with Crippen molar-refractivity contribution in [3.63, 3.8) is 0 Å². The van der Waals surface area contributed by atoms with Crippen molar-refractivity contribution in [2.75, 3.05) is 18.5 Å². The molecule has 0 radical (unpaired) electrons. The van der Waals surface area contributed by atoms with Crippen LogP contribution >= 0.6 is 0 Å². The second-order valence-corrected chi connectivity index (χ2v) is 5.03. The van der Waals surface area contributed by atoms with Crippen LogP contribution in [0.1, 0.15) is 37.0 Å². The first-order valence-corrected chi connectivity index (χ1v) is 7.76. The molecule has 0 bridgehead atoms. The zero-order valence-electron chi connectivity index (χ0n) is 13.1. The van der Waals surface area contributed by atoms with Crippen molar-refractivity contribution < 1.29 is 9.53 Å². The number of carbonyl (C=O) groups excluding carboxylic acids is 1. The maximum Gasteiger partial charge on any atom is 0.248 e. The third-order valence-electron chi connectivity index (χ3n) is 3.58. The molecule has 22 heavy (non-hydrogen) atoms. The largest absolute Gasteiger partial charge is 0.381 e. The minimum atomic E-state index is -0.414. The number of ether oxygens (including phenoxy) is 1. The molecule has 3 rings (SSSR count). The van der Waals surface area contributed by atoms with Crippen LogP contribution in [0, 0.1) is 0 Å². The lowest BCUT2D eigenvalue weighted by atomic mass is 10.1. The highest BCUT2D eigenvalue weighted by atomic mass is 16.5. The Labute approximate surface area is 130 Å². The predicted molar refractivity (Wildman–Crippen MR) is 89.1 cm³/mol. The van der Waals surface area contributed by atoms with Crippen molar-refractivity contribution in [1.29, 1.82) is 0 Å². The van der Waals surface area contributed by atoms with Crippen LogP contribution in [0.2, 0.25) is 0 Å². The Hall–Kier alpha value is -2.14. The molecule has 1 fully saturated rings. The van der Waals surface area contributed by atoms with Crippen molar-refractivity contribution in [3.8, 4) is 0 Å². The summed E-state index contributed by atoms with van der Waals surface area (Å²) in [5.74, 6) is 0.411. The van der Waals surface area contributed by atoms with Crippen molar-refractivity contribution in [2.45, 2.75) is 32.7 Å². The summed E-state index contributed by atoms with van der Waals surface area (Å²) in [4.78, 5) is 15.6. The van der Waals surface area contributed by atoms with Gasteiger partial charge in [0.15, 0.2) is 0 Å². The normalized spacial score (nSPS) is 15.0. The molecule has 1 aromatic heterocycles. The van der Waals surface area contributed by atoms with Gasteiger partial charge in [-0.25, -0.2) is 4.98 Å². The highest BCUT2D eigenvalue weighted by molar-refractivity contribution is 5.97. The number of hydrogen-bond donors (Lipinski definition) is 2. The molecular formula is C17H23N3O2. The second kappa shape index (κ2) is 7.75. The Bertz CT molecular complexity index is 637. The number of nitrogens with one attached hydrogen (secondary N) is 1. The van der Waals surface area contributed by atoms with Gasteiger partial charge >= 0.3 is 0 Å². The van der Waals surface area contributed by atoms with Gasteiger partial charge in [0.1, 0.15) is 5.82 Å². The van der Waals surface area contributed by atoms with Crippen LogP contribution in [0.25, 0.3) is 10.8 Å². The number of hydrogen-bond acceptors (Lipinski definition) is 4. The smallest absolute Gasteiger partial charge is 0.248 e. The molecule has 2 aromatic rings. The van der Waals surface area contributed by atoms with Crippen molar-refractivity contribution in [2.24, 2.45) is 5.73 Å². The van der Waals surface area contributed by atoms with E-state index in [2.05, 4.69) is 10.3 Å². The monoisotopic (exact) mass is 301 g/mol. The lowest BCUT2D eigenvalue weighted by Crippen LogP contribution is -2.28. The molecule has 1 aliphatic rings. The summed E-state index contributed by atoms with van der Waals surface area (Å²) in [6.45, 7) is 5.58. The fourth-order valence-corrected chi connectivity index (χ4v) is 2.42. The summed E-state index contributed by atoms with van der Waals surface area (Å²) in [6.07, 6.45) is 3.78. The zero-order chi connectivity index (χ0) is 15.9. The number of rotatable bonds is 3. The van der Waals surface area contributed by atoms with Crippen molar-refractivity contribution >= 4 is 22.5 Å². The molecule has 0 unspecified atom stereocenters. The zero-order valence-corrected chi connectivity index (χ0v) is 13.1. The topological polar surface area (TPSA) is 77.2 Å². The first-order chi connectivity index (χ1) is 10.7. The second-order valence-electron chi connectivity index (χ2n) is 5.03. The van der Waals surface area contributed by atoms with E-state index in [1.807, 2.05) is 32.2 Å². The Morgan fingerprint density at radius 3 is 2.64 bits per heavy atom. The number of carbonyl (C=O) groups is 1. The molecule has 0 atom stereocenters. The van der Waals surface area contributed by atoms with Gasteiger partial charge in [0.25, 0.3) is 0 Å². The summed E-state index contributed by atoms with van der Waals surface area (Å²) in [7, 11) is 0. The quantitative estimate of drug-likeness (QED) is 0.913. The molecule has 5 nitrogen and oxygen atoms in total. The van der Waals surface area contributed by atoms with Crippen molar-refractivity contribution in [3.05, 3.63) is 36.0 Å². The van der Waals surface area contributed by atoms with Crippen LogP contribution in [0.5, 0.6) is 0 Å². The number of pyridine rings is 1. The van der Waals surface area contributed by atoms with Crippen LogP contribution in [0.4, 0.5) is 5.82 Å². The Morgan fingerprint density at radius 2 is 1.95 bits per heavy atom. The Balaban J connectivity index is 0.000000847. The molecule has 0 spiro atoms. The summed E-state index contributed by atoms with van der Waals surface area (Å²) in [5, 5.41) is 5.37. The van der Waals surface area contributed by atoms with Gasteiger partial charge in [-0.3, -0.25) is 4.79 Å². The highest BCUT2D eigenvalue weighted by Gasteiger charge is 2.14. The molecule has 5 heteroatoms. The van der Waals surface area contributed by atoms with Gasteiger partial charge in [0.05, 0.1) is 0 Å². The molecule has 1 aromatic carbocycles. The van der Waals surface area contributed by atoms with Crippen LogP contribution in [0.15, 0.2) is 30.5 Å². The number of anilines is 1. The van der Waals surface area contributed by atoms with E-state index in [-0.39, 0.29) is 0 Å². The molecule has 1 saturated heterocycles. The molecule has 0 aliphatic carbocycles. The lowest BCUT2D eigenvalue weighted by Gasteiger charge is -2.23. The summed E-state index contributed by atoms with van der Waals surface area (Å²) in [6, 6.07) is 7.73. The van der Waals surface area contributed by atoms with E-state index in [4.69, 9.17) is 10.5 Å². The number of amides is 1. The van der Waals surface area contributed by atoms with Gasteiger partial charge in [0.2, 0.25) is 5.91 Å². The van der Waals surface area contributed by atoms with Crippen LogP contribution in [0.3, 0.4) is 0 Å². The number of nitrogens with zero attached hydrogens (tertiary/aromatic N) is 1. The van der Waals surface area contributed by atoms with E-state index in [0.29, 0.717) is 11.6 Å². The minimum absolute atomic E-state index is 0.396. The molecule has 0 saturated carbocycles. The average Bonchev–Trinajstić information content (AvgIpc) is 2.57. The molecular weight excluding hydrogens is 278 g/mol. The van der Waals surface area contributed by atoms with Gasteiger partial charge in [0, 0.05) is 36.4 Å². The average molecular weight is 301 g/mol. The van der Waals surface area contributed by atoms with E-state index in [0.717, 1.165) is 42.6 Å². The fraction of sp³-hybridized carbons (Fsp3) is 0.412. The van der Waals surface area contributed by atoms with Gasteiger partial charge in [-0.1, -0.05) is 19.9 Å². The van der Waals surface area contributed by atoms with E-state index in [9.17, 15) is 4.79 Å². The maximum atomic E-state index is 11.2. The SMILES string of the molecule is CC.NC(=O)c1ccc2cnc(NC3CCOCC3)cc2c1. The molecule has 1 aliphatic heterocycles. The molecule has 3 N–H and O–H groups in total. The first-order valence-electron chi connectivity index (χ1n) is 7.76. The third-order valence-corrected chi connectivity index (χ3v) is 3.58. The number of primary amides is 1. The van der Waals surface area contributed by atoms with E-state index in [1.54, 1.807) is 12.1 Å². The van der Waals surface area contributed by atoms with Gasteiger partial charge in [-0.05, 0) is 36.4 Å². The molecule has 118 valence electrons. The molecule has 1 amide bonds. The summed E-state index contributed by atoms with van der Waals surface area (Å²) in [5.41, 5.74) is 5.82. The summed E-state index contributed by atoms with van der Waals surface area (Å²) < 4.78 is 5.34. The van der Waals surface area contributed by atoms with Crippen LogP contribution in [-0.2, 0) is 4.74 Å². The standard InChI is InChI=1S/C15H17N3O2.C2H6/c16-15(19)10-1-2-11-9-17-14(8-12(11)7-10)18-13-3-5-20-6-4-13;1-2/h1-2,7-9,13H,3-6H2,(H2,16,19)(H,17,18);1-2H3. The predicted octanol–water partition coefficient (Wildman–Crippen LogP) is 2.95. The summed E-state index contributed by atoms with van der Waals surface area (Å²) >= 11 is 0. The Morgan fingerprint density at radius 1 is 1.23 bits per heavy atom. The van der Waals surface area contributed by atoms with Gasteiger partial charge in [-0.2, -0.15) is 0 Å². The number of nitrogens with two attached hydrogens (primary N) is 1. The molecule has 2 heterocycles. The fourth-order valence-electron chi connectivity index (χ4n) is 2.42. The van der Waals surface area contributed by atoms with E-state index < -0.39 is 5.91 Å². The van der Waals surface area contributed by atoms with Crippen LogP contribution < -0.4 is 11.1 Å². The Kier molecular flexibility index (Phi) is 5.72. The first kappa shape index (κ1) is 16.2. The van der Waals surface area contributed by atoms with E-state index >= 15 is 0 Å². The number of benzene rings is 1. The third kappa shape index (κ3) is 3.95. The lowest BCUT2D eigenvalue weighted by molar-refractivity contribution is 0.0904. The van der Waals surface area contributed by atoms with Gasteiger partial charge in [-0.15, -0.1) is 0 Å². The van der Waals surface area contributed by atoms with E-state index in [1.165, 1.54) is 0 Å². The maximum absolute atomic E-state index is 11.2. The van der Waals surface area contributed by atoms with Crippen LogP contribution in [-0.4, -0.2) is 30.1 Å².